The Labute approximate surface area is 255 Å². The van der Waals surface area contributed by atoms with Gasteiger partial charge in [0.2, 0.25) is 6.41 Å². The highest BCUT2D eigenvalue weighted by Crippen LogP contribution is 2.35. The van der Waals surface area contributed by atoms with Crippen molar-refractivity contribution < 1.29 is 9.59 Å². The highest BCUT2D eigenvalue weighted by molar-refractivity contribution is 7.99. The quantitative estimate of drug-likeness (QED) is 0.115. The van der Waals surface area contributed by atoms with E-state index in [1.807, 2.05) is 90.5 Å². The Kier molecular flexibility index (Phi) is 9.12. The molecule has 6 rings (SSSR count). The molecule has 43 heavy (non-hydrogen) atoms. The van der Waals surface area contributed by atoms with Gasteiger partial charge < -0.3 is 9.47 Å². The van der Waals surface area contributed by atoms with Gasteiger partial charge in [0.05, 0.1) is 22.7 Å². The molecule has 0 N–H and O–H groups in total. The number of hydrogen-bond acceptors (Lipinski definition) is 6. The van der Waals surface area contributed by atoms with Crippen LogP contribution in [0.25, 0.3) is 39.2 Å². The average Bonchev–Trinajstić information content (AvgIpc) is 3.60. The highest BCUT2D eigenvalue weighted by Gasteiger charge is 2.24. The molecule has 8 nitrogen and oxygen atoms in total. The van der Waals surface area contributed by atoms with E-state index in [1.165, 1.54) is 16.7 Å². The fourth-order valence-electron chi connectivity index (χ4n) is 4.89. The van der Waals surface area contributed by atoms with Crippen molar-refractivity contribution in [3.05, 3.63) is 115 Å². The topological polar surface area (TPSA) is 85.9 Å². The lowest BCUT2D eigenvalue weighted by Crippen LogP contribution is -2.07. The van der Waals surface area contributed by atoms with Crippen LogP contribution in [0.15, 0.2) is 109 Å². The first-order chi connectivity index (χ1) is 20.9. The molecule has 3 aromatic carbocycles. The van der Waals surface area contributed by atoms with Gasteiger partial charge in [-0.2, -0.15) is 0 Å². The molecular formula is C34H32N6O2S. The maximum absolute atomic E-state index is 13.9. The van der Waals surface area contributed by atoms with E-state index in [9.17, 15) is 9.59 Å². The lowest BCUT2D eigenvalue weighted by Gasteiger charge is -2.13. The third kappa shape index (κ3) is 6.27. The van der Waals surface area contributed by atoms with Crippen molar-refractivity contribution in [2.45, 2.75) is 12.1 Å². The number of thioether (sulfide) groups is 1. The van der Waals surface area contributed by atoms with Gasteiger partial charge in [0.15, 0.2) is 16.8 Å². The van der Waals surface area contributed by atoms with E-state index in [2.05, 4.69) is 38.8 Å². The summed E-state index contributed by atoms with van der Waals surface area (Å²) in [7, 11) is 5.39. The number of benzene rings is 3. The molecule has 0 unspecified atom stereocenters. The maximum atomic E-state index is 13.9. The molecule has 3 aromatic heterocycles. The normalized spacial score (nSPS) is 10.7. The van der Waals surface area contributed by atoms with Crippen LogP contribution >= 0.6 is 11.8 Å². The van der Waals surface area contributed by atoms with Crippen molar-refractivity contribution in [3.8, 4) is 28.3 Å². The van der Waals surface area contributed by atoms with Crippen LogP contribution in [-0.4, -0.2) is 61.3 Å². The lowest BCUT2D eigenvalue weighted by molar-refractivity contribution is -0.115. The van der Waals surface area contributed by atoms with Crippen LogP contribution in [0.2, 0.25) is 0 Å². The van der Waals surface area contributed by atoms with E-state index in [4.69, 9.17) is 0 Å². The van der Waals surface area contributed by atoms with Crippen LogP contribution in [0.1, 0.15) is 15.9 Å². The zero-order valence-corrected chi connectivity index (χ0v) is 25.3. The molecule has 0 aliphatic carbocycles. The van der Waals surface area contributed by atoms with E-state index in [-0.39, 0.29) is 11.5 Å². The van der Waals surface area contributed by atoms with Crippen LogP contribution in [0.4, 0.5) is 0 Å². The first-order valence-electron chi connectivity index (χ1n) is 13.7. The number of rotatable bonds is 8. The van der Waals surface area contributed by atoms with Crippen molar-refractivity contribution >= 4 is 34.9 Å². The molecule has 0 bridgehead atoms. The minimum absolute atomic E-state index is 0.0490. The summed E-state index contributed by atoms with van der Waals surface area (Å²) in [6.45, 7) is 2.06. The molecule has 9 heteroatoms. The van der Waals surface area contributed by atoms with Crippen LogP contribution in [-0.2, 0) is 11.8 Å². The van der Waals surface area contributed by atoms with Gasteiger partial charge in [0, 0.05) is 50.0 Å². The lowest BCUT2D eigenvalue weighted by atomic mass is 10.0. The second kappa shape index (κ2) is 13.3. The van der Waals surface area contributed by atoms with Gasteiger partial charge in [0.1, 0.15) is 0 Å². The molecule has 0 spiro atoms. The molecule has 1 amide bonds. The van der Waals surface area contributed by atoms with Crippen molar-refractivity contribution in [2.75, 3.05) is 19.8 Å². The fraction of sp³-hybridized carbons (Fsp3) is 0.147. The molecule has 0 aliphatic heterocycles. The van der Waals surface area contributed by atoms with E-state index in [1.54, 1.807) is 26.5 Å². The van der Waals surface area contributed by atoms with Crippen molar-refractivity contribution in [3.63, 3.8) is 0 Å². The second-order valence-corrected chi connectivity index (χ2v) is 11.1. The molecule has 0 saturated carbocycles. The summed E-state index contributed by atoms with van der Waals surface area (Å²) in [5.41, 5.74) is 6.63. The second-order valence-electron chi connectivity index (χ2n) is 10.1. The van der Waals surface area contributed by atoms with Gasteiger partial charge in [-0.15, -0.1) is 10.2 Å². The molecule has 0 atom stereocenters. The van der Waals surface area contributed by atoms with E-state index in [0.717, 1.165) is 50.9 Å². The number of para-hydroxylation sites is 2. The summed E-state index contributed by atoms with van der Waals surface area (Å²) in [6, 6.07) is 30.1. The smallest absolute Gasteiger partial charge is 0.209 e. The number of Topliss-reactive ketones (excluding diaryl/α,β-unsaturated/α-hetero) is 1. The predicted octanol–water partition coefficient (Wildman–Crippen LogP) is 6.48. The summed E-state index contributed by atoms with van der Waals surface area (Å²) in [5, 5.41) is 10.6. The number of fused-ring (bicyclic) bond motifs is 1. The van der Waals surface area contributed by atoms with Crippen molar-refractivity contribution in [1.29, 1.82) is 0 Å². The Morgan fingerprint density at radius 1 is 0.884 bits per heavy atom. The summed E-state index contributed by atoms with van der Waals surface area (Å²) >= 11 is 1.40. The summed E-state index contributed by atoms with van der Waals surface area (Å²) in [5.74, 6) is 0.968. The van der Waals surface area contributed by atoms with Gasteiger partial charge >= 0.3 is 0 Å². The fourth-order valence-corrected chi connectivity index (χ4v) is 5.71. The molecular weight excluding hydrogens is 556 g/mol. The number of hydrogen-bond donors (Lipinski definition) is 0. The van der Waals surface area contributed by atoms with Crippen LogP contribution in [0.3, 0.4) is 0 Å². The van der Waals surface area contributed by atoms with E-state index < -0.39 is 0 Å². The van der Waals surface area contributed by atoms with Crippen molar-refractivity contribution in [1.82, 2.24) is 29.2 Å². The number of ketones is 1. The van der Waals surface area contributed by atoms with Gasteiger partial charge in [-0.3, -0.25) is 19.1 Å². The highest BCUT2D eigenvalue weighted by atomic mass is 32.2. The molecule has 0 aliphatic rings. The molecule has 0 saturated heterocycles. The molecule has 6 aromatic rings. The van der Waals surface area contributed by atoms with Crippen LogP contribution in [0, 0.1) is 6.92 Å². The maximum Gasteiger partial charge on any atom is 0.209 e. The SMILES string of the molecule is CN(C)C=O.Cc1ccccc1-n1c(SCC(=O)c2c(-c3ccccc3)n(C)c3ccccc23)nnc1-c1cccnc1. The molecule has 216 valence electrons. The average molecular weight is 589 g/mol. The first kappa shape index (κ1) is 29.5. The number of carbonyl (C=O) groups is 2. The minimum Gasteiger partial charge on any atom is -0.351 e. The number of aryl methyl sites for hydroxylation is 2. The minimum atomic E-state index is 0.0490. The number of nitrogens with zero attached hydrogens (tertiary/aromatic N) is 6. The number of amides is 1. The van der Waals surface area contributed by atoms with Crippen LogP contribution in [0.5, 0.6) is 0 Å². The Hall–Kier alpha value is -5.02. The third-order valence-corrected chi connectivity index (χ3v) is 7.81. The first-order valence-corrected chi connectivity index (χ1v) is 14.7. The standard InChI is InChI=1S/C31H25N5OS.C3H7NO/c1-21-11-6-8-16-25(21)36-30(23-14-10-18-32-19-23)33-34-31(36)38-20-27(37)28-24-15-7-9-17-26(24)35(2)29(28)22-12-4-3-5-13-22;1-4(2)3-5/h3-19H,20H2,1-2H3;3H,1-2H3. The third-order valence-electron chi connectivity index (χ3n) is 6.89. The predicted molar refractivity (Wildman–Crippen MR) is 172 cm³/mol. The van der Waals surface area contributed by atoms with E-state index in [0.29, 0.717) is 11.0 Å². The molecule has 3 heterocycles. The van der Waals surface area contributed by atoms with Gasteiger partial charge in [-0.1, -0.05) is 78.5 Å². The van der Waals surface area contributed by atoms with Crippen LogP contribution < -0.4 is 0 Å². The Morgan fingerprint density at radius 2 is 1.56 bits per heavy atom. The van der Waals surface area contributed by atoms with Gasteiger partial charge in [-0.05, 0) is 42.3 Å². The van der Waals surface area contributed by atoms with Gasteiger partial charge in [0.25, 0.3) is 0 Å². The molecule has 0 radical (unpaired) electrons. The zero-order valence-electron chi connectivity index (χ0n) is 24.5. The Bertz CT molecular complexity index is 1860. The Morgan fingerprint density at radius 3 is 2.26 bits per heavy atom. The Balaban J connectivity index is 0.000000682. The number of aromatic nitrogens is 5. The number of carbonyl (C=O) groups excluding carboxylic acids is 2. The van der Waals surface area contributed by atoms with E-state index >= 15 is 0 Å². The largest absolute Gasteiger partial charge is 0.351 e. The van der Waals surface area contributed by atoms with Crippen molar-refractivity contribution in [2.24, 2.45) is 7.05 Å². The summed E-state index contributed by atoms with van der Waals surface area (Å²) in [4.78, 5) is 29.1. The monoisotopic (exact) mass is 588 g/mol. The zero-order chi connectivity index (χ0) is 30.3. The number of pyridine rings is 1. The molecule has 0 fully saturated rings. The summed E-state index contributed by atoms with van der Waals surface area (Å²) in [6.07, 6.45) is 4.27. The van der Waals surface area contributed by atoms with Gasteiger partial charge in [-0.25, -0.2) is 0 Å². The summed E-state index contributed by atoms with van der Waals surface area (Å²) < 4.78 is 4.13.